The molecule has 0 radical (unpaired) electrons. The van der Waals surface area contributed by atoms with Crippen LogP contribution >= 0.6 is 11.3 Å². The van der Waals surface area contributed by atoms with Crippen molar-refractivity contribution in [2.24, 2.45) is 0 Å². The summed E-state index contributed by atoms with van der Waals surface area (Å²) in [6.07, 6.45) is 4.54. The molecule has 1 aromatic carbocycles. The second kappa shape index (κ2) is 8.46. The molecule has 2 heterocycles. The molecular formula is C21H17N3O3S. The predicted octanol–water partition coefficient (Wildman–Crippen LogP) is 3.86. The molecule has 140 valence electrons. The SMILES string of the molecule is Cc1cc(C(=O)COC(=O)/C=C/c2ccc(C#N)cc2)c(C)n1-c1nccs1. The lowest BCUT2D eigenvalue weighted by Crippen LogP contribution is -2.13. The van der Waals surface area contributed by atoms with Crippen LogP contribution in [-0.2, 0) is 9.53 Å². The Morgan fingerprint density at radius 1 is 1.29 bits per heavy atom. The fourth-order valence-electron chi connectivity index (χ4n) is 2.76. The number of aryl methyl sites for hydroxylation is 1. The summed E-state index contributed by atoms with van der Waals surface area (Å²) in [5.41, 5.74) is 3.47. The quantitative estimate of drug-likeness (QED) is 0.362. The zero-order valence-corrected chi connectivity index (χ0v) is 16.2. The molecular weight excluding hydrogens is 374 g/mol. The van der Waals surface area contributed by atoms with Gasteiger partial charge in [-0.05, 0) is 43.7 Å². The van der Waals surface area contributed by atoms with Gasteiger partial charge in [-0.15, -0.1) is 11.3 Å². The molecule has 3 rings (SSSR count). The summed E-state index contributed by atoms with van der Waals surface area (Å²) in [5, 5.41) is 11.4. The van der Waals surface area contributed by atoms with Crippen molar-refractivity contribution >= 4 is 29.2 Å². The van der Waals surface area contributed by atoms with E-state index in [-0.39, 0.29) is 12.4 Å². The number of nitrogens with zero attached hydrogens (tertiary/aromatic N) is 3. The number of benzene rings is 1. The minimum Gasteiger partial charge on any atom is -0.454 e. The minimum absolute atomic E-state index is 0.268. The lowest BCUT2D eigenvalue weighted by Gasteiger charge is -2.05. The minimum atomic E-state index is -0.605. The van der Waals surface area contributed by atoms with Crippen LogP contribution in [0.4, 0.5) is 0 Å². The number of ketones is 1. The molecule has 3 aromatic rings. The van der Waals surface area contributed by atoms with Crippen molar-refractivity contribution in [3.8, 4) is 11.2 Å². The van der Waals surface area contributed by atoms with Crippen LogP contribution in [-0.4, -0.2) is 27.9 Å². The first-order chi connectivity index (χ1) is 13.5. The summed E-state index contributed by atoms with van der Waals surface area (Å²) in [6.45, 7) is 3.41. The van der Waals surface area contributed by atoms with Crippen LogP contribution in [0.25, 0.3) is 11.2 Å². The number of rotatable bonds is 6. The highest BCUT2D eigenvalue weighted by Crippen LogP contribution is 2.22. The van der Waals surface area contributed by atoms with Crippen LogP contribution in [0.2, 0.25) is 0 Å². The summed E-state index contributed by atoms with van der Waals surface area (Å²) in [4.78, 5) is 28.7. The largest absolute Gasteiger partial charge is 0.454 e. The van der Waals surface area contributed by atoms with E-state index < -0.39 is 5.97 Å². The molecule has 7 heteroatoms. The van der Waals surface area contributed by atoms with E-state index in [2.05, 4.69) is 4.98 Å². The zero-order chi connectivity index (χ0) is 20.1. The van der Waals surface area contributed by atoms with Crippen molar-refractivity contribution in [1.82, 2.24) is 9.55 Å². The first-order valence-electron chi connectivity index (χ1n) is 8.46. The predicted molar refractivity (Wildman–Crippen MR) is 106 cm³/mol. The molecule has 0 bridgehead atoms. The maximum Gasteiger partial charge on any atom is 0.331 e. The molecule has 0 spiro atoms. The summed E-state index contributed by atoms with van der Waals surface area (Å²) in [7, 11) is 0. The van der Waals surface area contributed by atoms with Crippen LogP contribution in [0.5, 0.6) is 0 Å². The molecule has 0 amide bonds. The van der Waals surface area contributed by atoms with Crippen molar-refractivity contribution in [2.75, 3.05) is 6.61 Å². The van der Waals surface area contributed by atoms with Crippen LogP contribution < -0.4 is 0 Å². The van der Waals surface area contributed by atoms with Crippen LogP contribution in [0, 0.1) is 25.2 Å². The van der Waals surface area contributed by atoms with E-state index in [1.165, 1.54) is 17.4 Å². The summed E-state index contributed by atoms with van der Waals surface area (Å²) >= 11 is 1.48. The first-order valence-corrected chi connectivity index (χ1v) is 9.34. The maximum absolute atomic E-state index is 12.5. The number of ether oxygens (including phenoxy) is 1. The molecule has 0 saturated carbocycles. The average molecular weight is 391 g/mol. The lowest BCUT2D eigenvalue weighted by atomic mass is 10.1. The summed E-state index contributed by atoms with van der Waals surface area (Å²) in [5.74, 6) is -0.873. The Hall–Kier alpha value is -3.50. The molecule has 0 aliphatic heterocycles. The Balaban J connectivity index is 1.62. The number of aromatic nitrogens is 2. The highest BCUT2D eigenvalue weighted by Gasteiger charge is 2.18. The number of hydrogen-bond donors (Lipinski definition) is 0. The fourth-order valence-corrected chi connectivity index (χ4v) is 3.51. The van der Waals surface area contributed by atoms with Crippen molar-refractivity contribution in [3.05, 3.63) is 76.1 Å². The molecule has 0 atom stereocenters. The van der Waals surface area contributed by atoms with Gasteiger partial charge in [-0.25, -0.2) is 9.78 Å². The normalized spacial score (nSPS) is 10.8. The Morgan fingerprint density at radius 2 is 2.04 bits per heavy atom. The smallest absolute Gasteiger partial charge is 0.331 e. The molecule has 0 N–H and O–H groups in total. The van der Waals surface area contributed by atoms with E-state index in [1.807, 2.05) is 29.9 Å². The number of thiazole rings is 1. The second-order valence-electron chi connectivity index (χ2n) is 6.03. The average Bonchev–Trinajstić information content (AvgIpc) is 3.32. The maximum atomic E-state index is 12.5. The van der Waals surface area contributed by atoms with Crippen LogP contribution in [0.15, 0.2) is 48.0 Å². The van der Waals surface area contributed by atoms with Gasteiger partial charge in [-0.2, -0.15) is 5.26 Å². The Kier molecular flexibility index (Phi) is 5.82. The van der Waals surface area contributed by atoms with Gasteiger partial charge in [-0.3, -0.25) is 9.36 Å². The molecule has 28 heavy (non-hydrogen) atoms. The molecule has 6 nitrogen and oxygen atoms in total. The number of hydrogen-bond acceptors (Lipinski definition) is 6. The van der Waals surface area contributed by atoms with Gasteiger partial charge < -0.3 is 4.74 Å². The second-order valence-corrected chi connectivity index (χ2v) is 6.91. The highest BCUT2D eigenvalue weighted by atomic mass is 32.1. The zero-order valence-electron chi connectivity index (χ0n) is 15.4. The fraction of sp³-hybridized carbons (Fsp3) is 0.143. The third kappa shape index (κ3) is 4.24. The highest BCUT2D eigenvalue weighted by molar-refractivity contribution is 7.12. The van der Waals surface area contributed by atoms with E-state index in [0.717, 1.165) is 22.1 Å². The third-order valence-electron chi connectivity index (χ3n) is 4.14. The molecule has 2 aromatic heterocycles. The van der Waals surface area contributed by atoms with Crippen molar-refractivity contribution in [2.45, 2.75) is 13.8 Å². The van der Waals surface area contributed by atoms with Gasteiger partial charge >= 0.3 is 5.97 Å². The molecule has 0 aliphatic carbocycles. The lowest BCUT2D eigenvalue weighted by molar-refractivity contribution is -0.136. The van der Waals surface area contributed by atoms with Gasteiger partial charge in [0.15, 0.2) is 11.7 Å². The number of esters is 1. The van der Waals surface area contributed by atoms with Gasteiger partial charge in [0.2, 0.25) is 5.78 Å². The number of Topliss-reactive ketones (excluding diaryl/α,β-unsaturated/α-hetero) is 1. The molecule has 0 saturated heterocycles. The number of carbonyl (C=O) groups is 2. The van der Waals surface area contributed by atoms with E-state index in [9.17, 15) is 9.59 Å². The molecule has 0 unspecified atom stereocenters. The number of carbonyl (C=O) groups excluding carboxylic acids is 2. The van der Waals surface area contributed by atoms with Crippen molar-refractivity contribution in [1.29, 1.82) is 5.26 Å². The molecule has 0 aliphatic rings. The van der Waals surface area contributed by atoms with Gasteiger partial charge in [-0.1, -0.05) is 12.1 Å². The first kappa shape index (κ1) is 19.3. The van der Waals surface area contributed by atoms with Crippen LogP contribution in [0.3, 0.4) is 0 Å². The van der Waals surface area contributed by atoms with E-state index in [1.54, 1.807) is 42.6 Å². The van der Waals surface area contributed by atoms with Crippen LogP contribution in [0.1, 0.15) is 32.9 Å². The molecule has 0 fully saturated rings. The van der Waals surface area contributed by atoms with Gasteiger partial charge in [0, 0.05) is 34.6 Å². The standard InChI is InChI=1S/C21H17N3O3S/c1-14-11-18(15(2)24(14)21-23-9-10-28-21)19(25)13-27-20(26)8-7-16-3-5-17(12-22)6-4-16/h3-11H,13H2,1-2H3/b8-7+. The summed E-state index contributed by atoms with van der Waals surface area (Å²) in [6, 6.07) is 10.6. The van der Waals surface area contributed by atoms with E-state index in [0.29, 0.717) is 11.1 Å². The van der Waals surface area contributed by atoms with Gasteiger partial charge in [0.25, 0.3) is 0 Å². The van der Waals surface area contributed by atoms with E-state index >= 15 is 0 Å². The number of nitriles is 1. The van der Waals surface area contributed by atoms with Crippen molar-refractivity contribution < 1.29 is 14.3 Å². The Morgan fingerprint density at radius 3 is 2.68 bits per heavy atom. The van der Waals surface area contributed by atoms with Gasteiger partial charge in [0.1, 0.15) is 0 Å². The Bertz CT molecular complexity index is 1070. The monoisotopic (exact) mass is 391 g/mol. The topological polar surface area (TPSA) is 85.0 Å². The Labute approximate surface area is 166 Å². The summed E-state index contributed by atoms with van der Waals surface area (Å²) < 4.78 is 6.98. The van der Waals surface area contributed by atoms with Crippen molar-refractivity contribution in [3.63, 3.8) is 0 Å². The van der Waals surface area contributed by atoms with Gasteiger partial charge in [0.05, 0.1) is 11.6 Å². The third-order valence-corrected chi connectivity index (χ3v) is 4.90. The van der Waals surface area contributed by atoms with E-state index in [4.69, 9.17) is 10.00 Å².